The smallest absolute Gasteiger partial charge is 0.144 e. The summed E-state index contributed by atoms with van der Waals surface area (Å²) in [5.74, 6) is 5.10. The first-order chi connectivity index (χ1) is 14.4. The maximum atomic E-state index is 13.2. The number of carbonyl (C=O) groups excluding carboxylic acids is 1. The van der Waals surface area contributed by atoms with Crippen LogP contribution in [0.25, 0.3) is 0 Å². The van der Waals surface area contributed by atoms with E-state index >= 15 is 0 Å². The number of fused-ring (bicyclic) bond motifs is 5. The lowest BCUT2D eigenvalue weighted by Crippen LogP contribution is -2.52. The first kappa shape index (κ1) is 20.7. The third-order valence-electron chi connectivity index (χ3n) is 9.80. The molecule has 4 saturated carbocycles. The van der Waals surface area contributed by atoms with Crippen LogP contribution in [-0.4, -0.2) is 40.2 Å². The average Bonchev–Trinajstić information content (AvgIpc) is 3.34. The molecule has 1 heterocycles. The lowest BCUT2D eigenvalue weighted by molar-refractivity contribution is -0.135. The molecule has 5 heteroatoms. The highest BCUT2D eigenvalue weighted by molar-refractivity contribution is 5.83. The molecule has 0 saturated heterocycles. The van der Waals surface area contributed by atoms with Crippen LogP contribution in [0.3, 0.4) is 0 Å². The van der Waals surface area contributed by atoms with Crippen LogP contribution in [0, 0.1) is 40.9 Å². The molecule has 5 rings (SSSR count). The Morgan fingerprint density at radius 1 is 1.17 bits per heavy atom. The summed E-state index contributed by atoms with van der Waals surface area (Å²) in [6.45, 7) is 2.90. The second-order valence-corrected chi connectivity index (χ2v) is 11.2. The van der Waals surface area contributed by atoms with Crippen molar-refractivity contribution in [3.05, 3.63) is 18.2 Å². The highest BCUT2D eigenvalue weighted by Crippen LogP contribution is 2.64. The standard InChI is InChI=1S/C25H38N2O3/c1-24-9-7-18-17-8-10-25(29,15-30-2)14-16(17)3-4-19(18)20(24)5-6-21(24)22(28)13-23-26-11-12-27-23/h11-12,16-21,29H,3-10,13-15H2,1-2H3,(H,26,27)/t16-,17+,18-,19-,20+,21-,24+,25-/m1/s1. The van der Waals surface area contributed by atoms with Gasteiger partial charge < -0.3 is 14.8 Å². The number of ketones is 1. The summed E-state index contributed by atoms with van der Waals surface area (Å²) < 4.78 is 5.32. The van der Waals surface area contributed by atoms with Gasteiger partial charge in [-0.3, -0.25) is 4.79 Å². The van der Waals surface area contributed by atoms with E-state index in [1.807, 2.05) is 6.20 Å². The second kappa shape index (κ2) is 7.74. The molecule has 4 aliphatic rings. The predicted molar refractivity (Wildman–Crippen MR) is 115 cm³/mol. The summed E-state index contributed by atoms with van der Waals surface area (Å²) in [4.78, 5) is 20.6. The molecular weight excluding hydrogens is 376 g/mol. The molecule has 4 aliphatic carbocycles. The van der Waals surface area contributed by atoms with Gasteiger partial charge in [-0.1, -0.05) is 6.92 Å². The Kier molecular flexibility index (Phi) is 5.34. The molecule has 0 unspecified atom stereocenters. The Morgan fingerprint density at radius 2 is 2.00 bits per heavy atom. The van der Waals surface area contributed by atoms with Crippen LogP contribution < -0.4 is 0 Å². The van der Waals surface area contributed by atoms with Crippen molar-refractivity contribution in [2.45, 2.75) is 76.7 Å². The molecule has 5 nitrogen and oxygen atoms in total. The number of imidazole rings is 1. The van der Waals surface area contributed by atoms with Gasteiger partial charge in [0, 0.05) is 25.4 Å². The number of aromatic nitrogens is 2. The van der Waals surface area contributed by atoms with Gasteiger partial charge in [0.1, 0.15) is 11.6 Å². The van der Waals surface area contributed by atoms with Gasteiger partial charge in [0.25, 0.3) is 0 Å². The fourth-order valence-electron chi connectivity index (χ4n) is 8.57. The van der Waals surface area contributed by atoms with Crippen molar-refractivity contribution in [3.8, 4) is 0 Å². The van der Waals surface area contributed by atoms with Crippen molar-refractivity contribution < 1.29 is 14.6 Å². The number of hydrogen-bond donors (Lipinski definition) is 2. The third-order valence-corrected chi connectivity index (χ3v) is 9.80. The van der Waals surface area contributed by atoms with Crippen LogP contribution in [0.1, 0.15) is 70.5 Å². The fraction of sp³-hybridized carbons (Fsp3) is 0.840. The molecule has 166 valence electrons. The quantitative estimate of drug-likeness (QED) is 0.758. The molecule has 0 aromatic carbocycles. The minimum Gasteiger partial charge on any atom is -0.387 e. The van der Waals surface area contributed by atoms with Gasteiger partial charge in [0.15, 0.2) is 0 Å². The number of H-pyrrole nitrogens is 1. The SMILES string of the molecule is COC[C@@]1(O)CC[C@H]2[C@H](CC[C@@H]3[C@@H]2CC[C@]2(C)[C@@H](C(=O)Cc4ncc[nH]4)CC[C@@H]32)C1. The predicted octanol–water partition coefficient (Wildman–Crippen LogP) is 4.17. The van der Waals surface area contributed by atoms with E-state index in [0.29, 0.717) is 30.6 Å². The second-order valence-electron chi connectivity index (χ2n) is 11.2. The fourth-order valence-corrected chi connectivity index (χ4v) is 8.57. The zero-order valence-corrected chi connectivity index (χ0v) is 18.6. The number of aromatic amines is 1. The average molecular weight is 415 g/mol. The Hall–Kier alpha value is -1.20. The van der Waals surface area contributed by atoms with Crippen molar-refractivity contribution in [2.24, 2.45) is 40.9 Å². The van der Waals surface area contributed by atoms with Gasteiger partial charge in [-0.2, -0.15) is 0 Å². The number of Topliss-reactive ketones (excluding diaryl/α,β-unsaturated/α-hetero) is 1. The summed E-state index contributed by atoms with van der Waals surface area (Å²) >= 11 is 0. The molecule has 1 aromatic heterocycles. The molecule has 0 amide bonds. The van der Waals surface area contributed by atoms with Crippen molar-refractivity contribution in [1.82, 2.24) is 9.97 Å². The number of nitrogens with zero attached hydrogens (tertiary/aromatic N) is 1. The van der Waals surface area contributed by atoms with Crippen LogP contribution in [0.15, 0.2) is 12.4 Å². The van der Waals surface area contributed by atoms with E-state index in [1.165, 1.54) is 32.1 Å². The molecule has 30 heavy (non-hydrogen) atoms. The number of carbonyl (C=O) groups is 1. The van der Waals surface area contributed by atoms with Crippen LogP contribution in [0.2, 0.25) is 0 Å². The van der Waals surface area contributed by atoms with Crippen molar-refractivity contribution in [1.29, 1.82) is 0 Å². The molecule has 2 N–H and O–H groups in total. The van der Waals surface area contributed by atoms with Crippen molar-refractivity contribution in [3.63, 3.8) is 0 Å². The van der Waals surface area contributed by atoms with Crippen LogP contribution in [0.4, 0.5) is 0 Å². The number of hydrogen-bond acceptors (Lipinski definition) is 4. The van der Waals surface area contributed by atoms with Crippen molar-refractivity contribution >= 4 is 5.78 Å². The van der Waals surface area contributed by atoms with E-state index in [-0.39, 0.29) is 11.3 Å². The Labute approximate surface area is 180 Å². The van der Waals surface area contributed by atoms with Gasteiger partial charge in [-0.25, -0.2) is 4.98 Å². The maximum Gasteiger partial charge on any atom is 0.144 e. The summed E-state index contributed by atoms with van der Waals surface area (Å²) in [7, 11) is 1.70. The first-order valence-corrected chi connectivity index (χ1v) is 12.2. The van der Waals surface area contributed by atoms with Crippen LogP contribution in [-0.2, 0) is 16.0 Å². The minimum atomic E-state index is -0.608. The van der Waals surface area contributed by atoms with Crippen LogP contribution >= 0.6 is 0 Å². The number of rotatable bonds is 5. The normalized spacial score (nSPS) is 45.4. The van der Waals surface area contributed by atoms with E-state index in [0.717, 1.165) is 49.3 Å². The first-order valence-electron chi connectivity index (χ1n) is 12.2. The minimum absolute atomic E-state index is 0.170. The molecule has 8 atom stereocenters. The highest BCUT2D eigenvalue weighted by atomic mass is 16.5. The zero-order valence-electron chi connectivity index (χ0n) is 18.6. The number of ether oxygens (including phenoxy) is 1. The zero-order chi connectivity index (χ0) is 20.9. The largest absolute Gasteiger partial charge is 0.387 e. The van der Waals surface area contributed by atoms with Crippen molar-refractivity contribution in [2.75, 3.05) is 13.7 Å². The Bertz CT molecular complexity index is 764. The molecule has 0 radical (unpaired) electrons. The van der Waals surface area contributed by atoms with E-state index in [1.54, 1.807) is 13.3 Å². The van der Waals surface area contributed by atoms with E-state index in [4.69, 9.17) is 4.74 Å². The van der Waals surface area contributed by atoms with E-state index in [2.05, 4.69) is 16.9 Å². The number of aliphatic hydroxyl groups is 1. The molecule has 0 aliphatic heterocycles. The summed E-state index contributed by atoms with van der Waals surface area (Å²) in [6, 6.07) is 0. The lowest BCUT2D eigenvalue weighted by atomic mass is 9.49. The third kappa shape index (κ3) is 3.37. The molecule has 0 bridgehead atoms. The van der Waals surface area contributed by atoms with Gasteiger partial charge in [-0.15, -0.1) is 0 Å². The lowest BCUT2D eigenvalue weighted by Gasteiger charge is -2.57. The maximum absolute atomic E-state index is 13.2. The van der Waals surface area contributed by atoms with E-state index < -0.39 is 5.60 Å². The molecule has 1 aromatic rings. The van der Waals surface area contributed by atoms with Gasteiger partial charge in [0.05, 0.1) is 18.6 Å². The molecule has 0 spiro atoms. The molecular formula is C25H38N2O3. The number of nitrogens with one attached hydrogen (secondary N) is 1. The van der Waals surface area contributed by atoms with Crippen LogP contribution in [0.5, 0.6) is 0 Å². The molecule has 4 fully saturated rings. The van der Waals surface area contributed by atoms with Gasteiger partial charge in [0.2, 0.25) is 0 Å². The van der Waals surface area contributed by atoms with E-state index in [9.17, 15) is 9.90 Å². The highest BCUT2D eigenvalue weighted by Gasteiger charge is 2.58. The van der Waals surface area contributed by atoms with Gasteiger partial charge in [-0.05, 0) is 92.8 Å². The Balaban J connectivity index is 1.29. The topological polar surface area (TPSA) is 75.2 Å². The van der Waals surface area contributed by atoms with Gasteiger partial charge >= 0.3 is 0 Å². The summed E-state index contributed by atoms with van der Waals surface area (Å²) in [6.07, 6.45) is 14.2. The summed E-state index contributed by atoms with van der Waals surface area (Å²) in [5.41, 5.74) is -0.439. The monoisotopic (exact) mass is 414 g/mol. The number of methoxy groups -OCH3 is 1. The summed E-state index contributed by atoms with van der Waals surface area (Å²) in [5, 5.41) is 10.9. The Morgan fingerprint density at radius 3 is 2.77 bits per heavy atom.